The molecule has 0 bridgehead atoms. The molecule has 1 aliphatic carbocycles. The Kier molecular flexibility index (Phi) is 7.97. The van der Waals surface area contributed by atoms with Gasteiger partial charge in [-0.1, -0.05) is 82.6 Å². The van der Waals surface area contributed by atoms with Crippen molar-refractivity contribution < 1.29 is 24.2 Å². The first-order chi connectivity index (χ1) is 16.3. The van der Waals surface area contributed by atoms with Crippen molar-refractivity contribution in [2.24, 2.45) is 5.92 Å². The molecule has 2 aromatic carbocycles. The van der Waals surface area contributed by atoms with Crippen LogP contribution in [-0.2, 0) is 14.3 Å². The number of hydrogen-bond acceptors (Lipinski definition) is 4. The summed E-state index contributed by atoms with van der Waals surface area (Å²) in [4.78, 5) is 37.7. The molecule has 1 unspecified atom stereocenters. The molecule has 0 saturated heterocycles. The first kappa shape index (κ1) is 25.3. The third-order valence-electron chi connectivity index (χ3n) is 7.09. The van der Waals surface area contributed by atoms with E-state index in [0.717, 1.165) is 22.3 Å². The van der Waals surface area contributed by atoms with Crippen molar-refractivity contribution in [2.45, 2.75) is 64.5 Å². The molecule has 2 aromatic rings. The lowest BCUT2D eigenvalue weighted by molar-refractivity contribution is -0.148. The zero-order valence-corrected chi connectivity index (χ0v) is 20.3. The van der Waals surface area contributed by atoms with Crippen LogP contribution in [0.15, 0.2) is 48.5 Å². The molecule has 1 aliphatic rings. The topological polar surface area (TPSA) is 105 Å². The number of carbonyl (C=O) groups is 3. The molecule has 3 N–H and O–H groups in total. The molecular formula is C27H34N2O5. The number of carbonyl (C=O) groups excluding carboxylic acids is 2. The standard InChI is InChI=1S/C27H34N2O5/c1-5-17(4)23(24(30)29-27(6-2,7-3)25(31)32)28-26(33)34-16-22-20-14-10-8-12-18(20)19-13-9-11-15-21(19)22/h8-15,17,22-23H,5-7,16H2,1-4H3,(H,28,33)(H,29,30)(H,31,32)/t17?,23-/m0/s1. The van der Waals surface area contributed by atoms with E-state index in [2.05, 4.69) is 22.8 Å². The van der Waals surface area contributed by atoms with Crippen LogP contribution in [0.2, 0.25) is 0 Å². The van der Waals surface area contributed by atoms with E-state index in [-0.39, 0.29) is 31.3 Å². The molecule has 7 nitrogen and oxygen atoms in total. The van der Waals surface area contributed by atoms with Crippen molar-refractivity contribution >= 4 is 18.0 Å². The van der Waals surface area contributed by atoms with Crippen LogP contribution >= 0.6 is 0 Å². The third-order valence-corrected chi connectivity index (χ3v) is 7.09. The number of ether oxygens (including phenoxy) is 1. The van der Waals surface area contributed by atoms with E-state index in [1.807, 2.05) is 50.2 Å². The van der Waals surface area contributed by atoms with E-state index in [4.69, 9.17) is 4.74 Å². The van der Waals surface area contributed by atoms with Gasteiger partial charge in [0.05, 0.1) is 0 Å². The van der Waals surface area contributed by atoms with Gasteiger partial charge in [-0.25, -0.2) is 9.59 Å². The van der Waals surface area contributed by atoms with E-state index >= 15 is 0 Å². The fraction of sp³-hybridized carbons (Fsp3) is 0.444. The van der Waals surface area contributed by atoms with Crippen LogP contribution < -0.4 is 10.6 Å². The Morgan fingerprint density at radius 2 is 1.50 bits per heavy atom. The predicted octanol–water partition coefficient (Wildman–Crippen LogP) is 4.70. The fourth-order valence-corrected chi connectivity index (χ4v) is 4.57. The molecule has 0 saturated carbocycles. The number of carboxylic acid groups (broad SMARTS) is 1. The Morgan fingerprint density at radius 1 is 0.971 bits per heavy atom. The molecule has 0 fully saturated rings. The number of nitrogens with one attached hydrogen (secondary N) is 2. The average molecular weight is 467 g/mol. The van der Waals surface area contributed by atoms with Crippen LogP contribution in [-0.4, -0.2) is 41.3 Å². The van der Waals surface area contributed by atoms with E-state index < -0.39 is 29.6 Å². The molecule has 3 rings (SSSR count). The molecule has 0 radical (unpaired) electrons. The highest BCUT2D eigenvalue weighted by Gasteiger charge is 2.39. The van der Waals surface area contributed by atoms with Crippen molar-refractivity contribution in [3.05, 3.63) is 59.7 Å². The van der Waals surface area contributed by atoms with Crippen molar-refractivity contribution in [3.63, 3.8) is 0 Å². The summed E-state index contributed by atoms with van der Waals surface area (Å²) in [5, 5.41) is 15.0. The SMILES string of the molecule is CCC(C)[C@H](NC(=O)OCC1c2ccccc2-c2ccccc21)C(=O)NC(CC)(CC)C(=O)O. The Morgan fingerprint density at radius 3 is 1.97 bits per heavy atom. The first-order valence-corrected chi connectivity index (χ1v) is 11.9. The van der Waals surface area contributed by atoms with Gasteiger partial charge in [-0.3, -0.25) is 4.79 Å². The average Bonchev–Trinajstić information content (AvgIpc) is 3.17. The van der Waals surface area contributed by atoms with Gasteiger partial charge in [0.25, 0.3) is 0 Å². The quantitative estimate of drug-likeness (QED) is 0.471. The minimum atomic E-state index is -1.37. The number of alkyl carbamates (subject to hydrolysis) is 1. The van der Waals surface area contributed by atoms with Gasteiger partial charge in [0, 0.05) is 5.92 Å². The van der Waals surface area contributed by atoms with Gasteiger partial charge in [-0.05, 0) is 41.0 Å². The Labute approximate surface area is 200 Å². The van der Waals surface area contributed by atoms with E-state index in [1.165, 1.54) is 0 Å². The molecule has 0 aliphatic heterocycles. The van der Waals surface area contributed by atoms with Crippen LogP contribution in [0.5, 0.6) is 0 Å². The summed E-state index contributed by atoms with van der Waals surface area (Å²) in [6, 6.07) is 15.2. The van der Waals surface area contributed by atoms with Gasteiger partial charge in [0.1, 0.15) is 18.2 Å². The second-order valence-corrected chi connectivity index (χ2v) is 8.92. The van der Waals surface area contributed by atoms with Crippen molar-refractivity contribution in [1.29, 1.82) is 0 Å². The molecule has 2 atom stereocenters. The van der Waals surface area contributed by atoms with E-state index in [9.17, 15) is 19.5 Å². The summed E-state index contributed by atoms with van der Waals surface area (Å²) >= 11 is 0. The largest absolute Gasteiger partial charge is 0.480 e. The maximum absolute atomic E-state index is 13.1. The van der Waals surface area contributed by atoms with Gasteiger partial charge in [-0.2, -0.15) is 0 Å². The normalized spacial score (nSPS) is 14.5. The van der Waals surface area contributed by atoms with Crippen LogP contribution in [0.4, 0.5) is 4.79 Å². The Hall–Kier alpha value is -3.35. The van der Waals surface area contributed by atoms with Gasteiger partial charge in [-0.15, -0.1) is 0 Å². The minimum absolute atomic E-state index is 0.0890. The van der Waals surface area contributed by atoms with E-state index in [0.29, 0.717) is 6.42 Å². The summed E-state index contributed by atoms with van der Waals surface area (Å²) in [6.45, 7) is 7.32. The second-order valence-electron chi connectivity index (χ2n) is 8.92. The lowest BCUT2D eigenvalue weighted by Crippen LogP contribution is -2.60. The summed E-state index contributed by atoms with van der Waals surface area (Å²) in [7, 11) is 0. The maximum Gasteiger partial charge on any atom is 0.407 e. The molecule has 34 heavy (non-hydrogen) atoms. The van der Waals surface area contributed by atoms with Crippen molar-refractivity contribution in [3.8, 4) is 11.1 Å². The highest BCUT2D eigenvalue weighted by Crippen LogP contribution is 2.44. The monoisotopic (exact) mass is 466 g/mol. The number of amides is 2. The van der Waals surface area contributed by atoms with Crippen LogP contribution in [0, 0.1) is 5.92 Å². The molecule has 7 heteroatoms. The first-order valence-electron chi connectivity index (χ1n) is 11.9. The fourth-order valence-electron chi connectivity index (χ4n) is 4.57. The van der Waals surface area contributed by atoms with Gasteiger partial charge in [0.15, 0.2) is 0 Å². The van der Waals surface area contributed by atoms with Gasteiger partial charge < -0.3 is 20.5 Å². The van der Waals surface area contributed by atoms with Crippen LogP contribution in [0.1, 0.15) is 64.0 Å². The number of hydrogen-bond donors (Lipinski definition) is 3. The summed E-state index contributed by atoms with van der Waals surface area (Å²) in [6.07, 6.45) is 0.405. The Bertz CT molecular complexity index is 1000. The summed E-state index contributed by atoms with van der Waals surface area (Å²) in [5.74, 6) is -1.90. The zero-order valence-electron chi connectivity index (χ0n) is 20.3. The number of rotatable bonds is 10. The smallest absolute Gasteiger partial charge is 0.407 e. The predicted molar refractivity (Wildman–Crippen MR) is 131 cm³/mol. The number of benzene rings is 2. The molecule has 2 amide bonds. The number of fused-ring (bicyclic) bond motifs is 3. The van der Waals surface area contributed by atoms with Crippen LogP contribution in [0.3, 0.4) is 0 Å². The maximum atomic E-state index is 13.1. The third kappa shape index (κ3) is 4.93. The number of aliphatic carboxylic acids is 1. The Balaban J connectivity index is 1.71. The lowest BCUT2D eigenvalue weighted by Gasteiger charge is -2.32. The molecule has 0 aromatic heterocycles. The second kappa shape index (κ2) is 10.7. The highest BCUT2D eigenvalue weighted by molar-refractivity contribution is 5.91. The number of carboxylic acids is 1. The molecule has 182 valence electrons. The minimum Gasteiger partial charge on any atom is -0.480 e. The summed E-state index contributed by atoms with van der Waals surface area (Å²) in [5.41, 5.74) is 3.10. The van der Waals surface area contributed by atoms with Gasteiger partial charge >= 0.3 is 12.1 Å². The zero-order chi connectivity index (χ0) is 24.9. The summed E-state index contributed by atoms with van der Waals surface area (Å²) < 4.78 is 5.60. The van der Waals surface area contributed by atoms with Crippen molar-refractivity contribution in [1.82, 2.24) is 10.6 Å². The molecular weight excluding hydrogens is 432 g/mol. The molecule has 0 spiro atoms. The highest BCUT2D eigenvalue weighted by atomic mass is 16.5. The van der Waals surface area contributed by atoms with Crippen LogP contribution in [0.25, 0.3) is 11.1 Å². The van der Waals surface area contributed by atoms with Gasteiger partial charge in [0.2, 0.25) is 5.91 Å². The van der Waals surface area contributed by atoms with E-state index in [1.54, 1.807) is 13.8 Å². The lowest BCUT2D eigenvalue weighted by atomic mass is 9.91. The van der Waals surface area contributed by atoms with Crippen molar-refractivity contribution in [2.75, 3.05) is 6.61 Å². The molecule has 0 heterocycles.